The Balaban J connectivity index is 0. The first-order chi connectivity index (χ1) is 12.1. The van der Waals surface area contributed by atoms with Crippen LogP contribution in [0.25, 0.3) is 0 Å². The van der Waals surface area contributed by atoms with E-state index in [2.05, 4.69) is 55.4 Å². The van der Waals surface area contributed by atoms with Crippen molar-refractivity contribution >= 4 is 12.4 Å². The maximum absolute atomic E-state index is 9.93. The first kappa shape index (κ1) is 29.2. The van der Waals surface area contributed by atoms with E-state index in [1.165, 1.54) is 0 Å². The molecule has 0 spiro atoms. The minimum Gasteiger partial charge on any atom is -0.507 e. The average molecular weight is 577 g/mol. The molecule has 2 aromatic rings. The molecule has 0 aromatic heterocycles. The third kappa shape index (κ3) is 7.80. The molecule has 0 radical (unpaired) electrons. The molecule has 2 N–H and O–H groups in total. The van der Waals surface area contributed by atoms with Gasteiger partial charge in [-0.2, -0.15) is 0 Å². The Morgan fingerprint density at radius 1 is 0.500 bits per heavy atom. The SMILES string of the molecule is CC(C)c1cccc(C(C)C)c1O.CC(C)c1cccc(C(C)C)c1O.Cl.[W]. The van der Waals surface area contributed by atoms with Crippen molar-refractivity contribution in [2.75, 3.05) is 0 Å². The predicted molar refractivity (Wildman–Crippen MR) is 120 cm³/mol. The summed E-state index contributed by atoms with van der Waals surface area (Å²) in [6, 6.07) is 12.0. The van der Waals surface area contributed by atoms with Crippen molar-refractivity contribution in [2.24, 2.45) is 0 Å². The van der Waals surface area contributed by atoms with Crippen molar-refractivity contribution in [2.45, 2.75) is 79.1 Å². The van der Waals surface area contributed by atoms with Gasteiger partial charge >= 0.3 is 0 Å². The van der Waals surface area contributed by atoms with Crippen molar-refractivity contribution in [3.63, 3.8) is 0 Å². The van der Waals surface area contributed by atoms with Crippen LogP contribution < -0.4 is 0 Å². The van der Waals surface area contributed by atoms with E-state index >= 15 is 0 Å². The third-order valence-electron chi connectivity index (χ3n) is 4.68. The average Bonchev–Trinajstić information content (AvgIpc) is 2.54. The standard InChI is InChI=1S/2C12H18O.ClH.W/c2*1-8(2)10-6-5-7-11(9(3)4)12(10)13;;/h2*5-9,13H,1-4H3;1H;. The molecule has 0 bridgehead atoms. The Morgan fingerprint density at radius 3 is 0.821 bits per heavy atom. The topological polar surface area (TPSA) is 40.5 Å². The van der Waals surface area contributed by atoms with Crippen LogP contribution in [0, 0.1) is 0 Å². The van der Waals surface area contributed by atoms with Crippen LogP contribution in [0.15, 0.2) is 36.4 Å². The number of halogens is 1. The Morgan fingerprint density at radius 2 is 0.679 bits per heavy atom. The van der Waals surface area contributed by atoms with Crippen molar-refractivity contribution in [3.8, 4) is 11.5 Å². The zero-order valence-corrected chi connectivity index (χ0v) is 22.2. The summed E-state index contributed by atoms with van der Waals surface area (Å²) in [6.45, 7) is 16.8. The second-order valence-electron chi connectivity index (χ2n) is 8.19. The fourth-order valence-electron chi connectivity index (χ4n) is 3.02. The smallest absolute Gasteiger partial charge is 0.122 e. The van der Waals surface area contributed by atoms with Gasteiger partial charge in [0, 0.05) is 21.1 Å². The third-order valence-corrected chi connectivity index (χ3v) is 4.68. The summed E-state index contributed by atoms with van der Waals surface area (Å²) >= 11 is 0. The molecule has 2 nitrogen and oxygen atoms in total. The van der Waals surface area contributed by atoms with E-state index in [0.717, 1.165) is 22.3 Å². The van der Waals surface area contributed by atoms with Gasteiger partial charge in [-0.15, -0.1) is 12.4 Å². The summed E-state index contributed by atoms with van der Waals surface area (Å²) in [5.74, 6) is 2.51. The van der Waals surface area contributed by atoms with E-state index in [0.29, 0.717) is 35.2 Å². The number of para-hydroxylation sites is 2. The van der Waals surface area contributed by atoms with Crippen LogP contribution in [0.4, 0.5) is 0 Å². The van der Waals surface area contributed by atoms with Crippen LogP contribution in [0.1, 0.15) is 101 Å². The fourth-order valence-corrected chi connectivity index (χ4v) is 3.02. The molecule has 0 amide bonds. The number of aromatic hydroxyl groups is 2. The van der Waals surface area contributed by atoms with Gasteiger partial charge < -0.3 is 10.2 Å². The molecule has 0 atom stereocenters. The van der Waals surface area contributed by atoms with E-state index in [4.69, 9.17) is 0 Å². The number of phenols is 2. The Bertz CT molecular complexity index is 596. The van der Waals surface area contributed by atoms with Crippen LogP contribution in [0.2, 0.25) is 0 Å². The molecule has 0 heterocycles. The van der Waals surface area contributed by atoms with E-state index in [1.54, 1.807) is 0 Å². The van der Waals surface area contributed by atoms with Gasteiger partial charge in [-0.25, -0.2) is 0 Å². The van der Waals surface area contributed by atoms with Gasteiger partial charge in [0.25, 0.3) is 0 Å². The zero-order chi connectivity index (χ0) is 20.0. The molecule has 0 unspecified atom stereocenters. The molecule has 0 aliphatic rings. The number of rotatable bonds is 4. The summed E-state index contributed by atoms with van der Waals surface area (Å²) in [5.41, 5.74) is 4.19. The Labute approximate surface area is 192 Å². The quantitative estimate of drug-likeness (QED) is 0.392. The van der Waals surface area contributed by atoms with Gasteiger partial charge in [0.1, 0.15) is 11.5 Å². The molecule has 2 aromatic carbocycles. The minimum absolute atomic E-state index is 0. The van der Waals surface area contributed by atoms with Crippen LogP contribution >= 0.6 is 12.4 Å². The van der Waals surface area contributed by atoms with Gasteiger partial charge in [-0.05, 0) is 45.9 Å². The Hall–Kier alpha value is -0.982. The maximum Gasteiger partial charge on any atom is 0.122 e. The summed E-state index contributed by atoms with van der Waals surface area (Å²) in [6.07, 6.45) is 0. The van der Waals surface area contributed by atoms with Crippen molar-refractivity contribution < 1.29 is 31.3 Å². The number of hydrogen-bond acceptors (Lipinski definition) is 2. The van der Waals surface area contributed by atoms with Crippen LogP contribution in [0.3, 0.4) is 0 Å². The summed E-state index contributed by atoms with van der Waals surface area (Å²) in [4.78, 5) is 0. The first-order valence-electron chi connectivity index (χ1n) is 9.71. The molecule has 0 aliphatic heterocycles. The van der Waals surface area contributed by atoms with Crippen molar-refractivity contribution in [1.82, 2.24) is 0 Å². The predicted octanol–water partition coefficient (Wildman–Crippen LogP) is 7.70. The van der Waals surface area contributed by atoms with E-state index in [-0.39, 0.29) is 33.5 Å². The van der Waals surface area contributed by atoms with Crippen molar-refractivity contribution in [3.05, 3.63) is 58.7 Å². The van der Waals surface area contributed by atoms with Crippen LogP contribution in [-0.4, -0.2) is 10.2 Å². The van der Waals surface area contributed by atoms with Crippen molar-refractivity contribution in [1.29, 1.82) is 0 Å². The van der Waals surface area contributed by atoms with E-state index < -0.39 is 0 Å². The van der Waals surface area contributed by atoms with Gasteiger partial charge in [0.2, 0.25) is 0 Å². The number of phenolic OH excluding ortho intramolecular Hbond substituents is 2. The molecule has 0 saturated carbocycles. The number of hydrogen-bond donors (Lipinski definition) is 2. The zero-order valence-electron chi connectivity index (χ0n) is 18.5. The van der Waals surface area contributed by atoms with Gasteiger partial charge in [0.05, 0.1) is 0 Å². The molecule has 158 valence electrons. The minimum atomic E-state index is 0. The van der Waals surface area contributed by atoms with Gasteiger partial charge in [0.15, 0.2) is 0 Å². The fraction of sp³-hybridized carbons (Fsp3) is 0.500. The van der Waals surface area contributed by atoms with Crippen LogP contribution in [-0.2, 0) is 21.1 Å². The Kier molecular flexibility index (Phi) is 13.9. The molecule has 2 rings (SSSR count). The van der Waals surface area contributed by atoms with Crippen LogP contribution in [0.5, 0.6) is 11.5 Å². The molecular formula is C24H37ClO2W. The second kappa shape index (κ2) is 13.3. The molecular weight excluding hydrogens is 540 g/mol. The van der Waals surface area contributed by atoms with Gasteiger partial charge in [-0.3, -0.25) is 0 Å². The monoisotopic (exact) mass is 576 g/mol. The summed E-state index contributed by atoms with van der Waals surface area (Å²) < 4.78 is 0. The molecule has 0 aliphatic carbocycles. The molecule has 4 heteroatoms. The summed E-state index contributed by atoms with van der Waals surface area (Å²) in [7, 11) is 0. The van der Waals surface area contributed by atoms with Gasteiger partial charge in [-0.1, -0.05) is 91.8 Å². The largest absolute Gasteiger partial charge is 0.507 e. The summed E-state index contributed by atoms with van der Waals surface area (Å²) in [5, 5.41) is 19.9. The molecule has 28 heavy (non-hydrogen) atoms. The first-order valence-corrected chi connectivity index (χ1v) is 9.71. The van der Waals surface area contributed by atoms with E-state index in [9.17, 15) is 10.2 Å². The second-order valence-corrected chi connectivity index (χ2v) is 8.19. The maximum atomic E-state index is 9.93. The normalized spacial score (nSPS) is 10.4. The van der Waals surface area contributed by atoms with E-state index in [1.807, 2.05) is 36.4 Å². The molecule has 0 saturated heterocycles. The number of benzene rings is 2. The molecule has 0 fully saturated rings.